The number of carbonyl (C=O) groups excluding carboxylic acids is 2. The molecule has 2 rings (SSSR count). The summed E-state index contributed by atoms with van der Waals surface area (Å²) in [6, 6.07) is 4.94. The molecule has 1 aromatic heterocycles. The van der Waals surface area contributed by atoms with Crippen LogP contribution in [0.25, 0.3) is 0 Å². The number of aromatic nitrogens is 1. The van der Waals surface area contributed by atoms with E-state index in [0.29, 0.717) is 10.0 Å². The van der Waals surface area contributed by atoms with Gasteiger partial charge in [-0.05, 0) is 24.1 Å². The Morgan fingerprint density at radius 1 is 1.20 bits per heavy atom. The average Bonchev–Trinajstić information content (AvgIpc) is 2.91. The third kappa shape index (κ3) is 6.28. The summed E-state index contributed by atoms with van der Waals surface area (Å²) in [5.74, 6) is -2.33. The lowest BCUT2D eigenvalue weighted by molar-refractivity contribution is -0.119. The molecule has 0 unspecified atom stereocenters. The fourth-order valence-electron chi connectivity index (χ4n) is 2.72. The van der Waals surface area contributed by atoms with Crippen molar-refractivity contribution in [1.82, 2.24) is 14.2 Å². The first-order valence-corrected chi connectivity index (χ1v) is 11.3. The van der Waals surface area contributed by atoms with Crippen LogP contribution in [0, 0.1) is 0 Å². The molecule has 1 heterocycles. The van der Waals surface area contributed by atoms with Crippen molar-refractivity contribution >= 4 is 45.0 Å². The van der Waals surface area contributed by atoms with E-state index in [1.165, 1.54) is 22.7 Å². The smallest absolute Gasteiger partial charge is 0.259 e. The predicted octanol–water partition coefficient (Wildman–Crippen LogP) is 2.33. The maximum Gasteiger partial charge on any atom is 0.259 e. The first kappa shape index (κ1) is 23.8. The van der Waals surface area contributed by atoms with Gasteiger partial charge in [-0.2, -0.15) is 0 Å². The maximum atomic E-state index is 12.7. The highest BCUT2D eigenvalue weighted by molar-refractivity contribution is 7.89. The van der Waals surface area contributed by atoms with Gasteiger partial charge in [-0.3, -0.25) is 14.3 Å². The molecule has 0 radical (unpaired) electrons. The van der Waals surface area contributed by atoms with Gasteiger partial charge in [0.2, 0.25) is 21.8 Å². The Morgan fingerprint density at radius 2 is 1.87 bits per heavy atom. The minimum atomic E-state index is -3.64. The third-order valence-corrected chi connectivity index (χ3v) is 5.44. The quantitative estimate of drug-likeness (QED) is 0.534. The van der Waals surface area contributed by atoms with Crippen molar-refractivity contribution in [3.63, 3.8) is 0 Å². The summed E-state index contributed by atoms with van der Waals surface area (Å²) >= 11 is 11.9. The lowest BCUT2D eigenvalue weighted by Gasteiger charge is -2.17. The third-order valence-electron chi connectivity index (χ3n) is 4.11. The highest BCUT2D eigenvalue weighted by Gasteiger charge is 2.23. The molecule has 9 nitrogen and oxygen atoms in total. The van der Waals surface area contributed by atoms with Crippen molar-refractivity contribution in [2.45, 2.75) is 25.9 Å². The molecule has 0 saturated carbocycles. The highest BCUT2D eigenvalue weighted by atomic mass is 35.5. The molecule has 30 heavy (non-hydrogen) atoms. The zero-order valence-electron chi connectivity index (χ0n) is 16.2. The molecule has 0 aliphatic rings. The number of benzene rings is 1. The minimum absolute atomic E-state index is 0.0837. The molecule has 1 aromatic carbocycles. The zero-order chi connectivity index (χ0) is 22.6. The van der Waals surface area contributed by atoms with Crippen LogP contribution in [0.2, 0.25) is 10.0 Å². The number of amides is 2. The fraction of sp³-hybridized carbons (Fsp3) is 0.333. The molecule has 12 heteroatoms. The zero-order valence-corrected chi connectivity index (χ0v) is 18.6. The Bertz CT molecular complexity index is 1070. The SMILES string of the molecule is CN(Cc1ccc(Cl)c(Cl)c1)C(=O)c1cn(CCCC(=O)NS(C)(=O)=O)c(O)c1O. The highest BCUT2D eigenvalue weighted by Crippen LogP contribution is 2.32. The Morgan fingerprint density at radius 3 is 2.47 bits per heavy atom. The van der Waals surface area contributed by atoms with Crippen molar-refractivity contribution in [2.75, 3.05) is 13.3 Å². The van der Waals surface area contributed by atoms with E-state index in [1.54, 1.807) is 18.2 Å². The summed E-state index contributed by atoms with van der Waals surface area (Å²) in [5, 5.41) is 20.9. The summed E-state index contributed by atoms with van der Waals surface area (Å²) in [6.07, 6.45) is 2.20. The lowest BCUT2D eigenvalue weighted by atomic mass is 10.2. The van der Waals surface area contributed by atoms with E-state index < -0.39 is 33.5 Å². The van der Waals surface area contributed by atoms with Crippen LogP contribution in [0.5, 0.6) is 11.6 Å². The molecule has 3 N–H and O–H groups in total. The van der Waals surface area contributed by atoms with Crippen LogP contribution in [0.3, 0.4) is 0 Å². The van der Waals surface area contributed by atoms with E-state index in [2.05, 4.69) is 0 Å². The molecule has 0 fully saturated rings. The molecular weight excluding hydrogens is 457 g/mol. The number of nitrogens with zero attached hydrogens (tertiary/aromatic N) is 2. The number of hydrogen-bond donors (Lipinski definition) is 3. The second-order valence-corrected chi connectivity index (χ2v) is 9.28. The molecule has 2 amide bonds. The molecule has 0 aliphatic heterocycles. The minimum Gasteiger partial charge on any atom is -0.503 e. The Hall–Kier alpha value is -2.43. The monoisotopic (exact) mass is 477 g/mol. The van der Waals surface area contributed by atoms with Crippen LogP contribution in [-0.2, 0) is 27.9 Å². The first-order chi connectivity index (χ1) is 13.9. The second kappa shape index (κ2) is 9.59. The van der Waals surface area contributed by atoms with E-state index in [9.17, 15) is 28.2 Å². The summed E-state index contributed by atoms with van der Waals surface area (Å²) in [4.78, 5) is 25.5. The largest absolute Gasteiger partial charge is 0.503 e. The van der Waals surface area contributed by atoms with Gasteiger partial charge in [-0.15, -0.1) is 0 Å². The maximum absolute atomic E-state index is 12.7. The lowest BCUT2D eigenvalue weighted by Crippen LogP contribution is -2.29. The normalized spacial score (nSPS) is 11.3. The van der Waals surface area contributed by atoms with Crippen LogP contribution in [0.15, 0.2) is 24.4 Å². The number of halogens is 2. The second-order valence-electron chi connectivity index (χ2n) is 6.72. The van der Waals surface area contributed by atoms with Gasteiger partial charge in [0, 0.05) is 32.8 Å². The summed E-state index contributed by atoms with van der Waals surface area (Å²) in [6.45, 7) is 0.271. The number of sulfonamides is 1. The van der Waals surface area contributed by atoms with Crippen LogP contribution in [0.1, 0.15) is 28.8 Å². The van der Waals surface area contributed by atoms with Gasteiger partial charge >= 0.3 is 0 Å². The van der Waals surface area contributed by atoms with Crippen molar-refractivity contribution < 1.29 is 28.2 Å². The van der Waals surface area contributed by atoms with Crippen molar-refractivity contribution in [1.29, 1.82) is 0 Å². The van der Waals surface area contributed by atoms with E-state index >= 15 is 0 Å². The van der Waals surface area contributed by atoms with Crippen molar-refractivity contribution in [3.05, 3.63) is 45.6 Å². The number of carbonyl (C=O) groups is 2. The number of hydrogen-bond acceptors (Lipinski definition) is 6. The van der Waals surface area contributed by atoms with Crippen molar-refractivity contribution in [2.24, 2.45) is 0 Å². The molecule has 0 bridgehead atoms. The molecule has 0 atom stereocenters. The van der Waals surface area contributed by atoms with Gasteiger partial charge in [0.15, 0.2) is 5.75 Å². The van der Waals surface area contributed by atoms with Gasteiger partial charge in [0.25, 0.3) is 5.91 Å². The van der Waals surface area contributed by atoms with Crippen molar-refractivity contribution in [3.8, 4) is 11.6 Å². The molecule has 164 valence electrons. The number of nitrogens with one attached hydrogen (secondary N) is 1. The van der Waals surface area contributed by atoms with Crippen LogP contribution in [-0.4, -0.2) is 53.2 Å². The van der Waals surface area contributed by atoms with E-state index in [0.717, 1.165) is 11.8 Å². The summed E-state index contributed by atoms with van der Waals surface area (Å²) < 4.78 is 25.1. The van der Waals surface area contributed by atoms with Gasteiger partial charge in [0.1, 0.15) is 5.56 Å². The molecule has 0 spiro atoms. The topological polar surface area (TPSA) is 129 Å². The molecular formula is C18H21Cl2N3O6S. The van der Waals surface area contributed by atoms with Gasteiger partial charge in [-0.25, -0.2) is 8.42 Å². The van der Waals surface area contributed by atoms with E-state index in [-0.39, 0.29) is 31.5 Å². The number of rotatable bonds is 8. The average molecular weight is 478 g/mol. The number of aryl methyl sites for hydroxylation is 1. The van der Waals surface area contributed by atoms with Crippen LogP contribution in [0.4, 0.5) is 0 Å². The van der Waals surface area contributed by atoms with Crippen LogP contribution < -0.4 is 4.72 Å². The summed E-state index contributed by atoms with van der Waals surface area (Å²) in [7, 11) is -2.12. The predicted molar refractivity (Wildman–Crippen MR) is 112 cm³/mol. The van der Waals surface area contributed by atoms with E-state index in [1.807, 2.05) is 4.72 Å². The Labute approximate surface area is 183 Å². The van der Waals surface area contributed by atoms with Gasteiger partial charge in [-0.1, -0.05) is 29.3 Å². The molecule has 0 aliphatic carbocycles. The fourth-order valence-corrected chi connectivity index (χ4v) is 3.55. The van der Waals surface area contributed by atoms with Crippen LogP contribution >= 0.6 is 23.2 Å². The molecule has 0 saturated heterocycles. The Balaban J connectivity index is 2.04. The standard InChI is InChI=1S/C18H21Cl2N3O6S/c1-22(9-11-5-6-13(19)14(20)8-11)17(26)12-10-23(18(27)16(12)25)7-3-4-15(24)21-30(2,28)29/h5-6,8,10,25,27H,3-4,7,9H2,1-2H3,(H,21,24). The Kier molecular flexibility index (Phi) is 7.62. The summed E-state index contributed by atoms with van der Waals surface area (Å²) in [5.41, 5.74) is 0.607. The van der Waals surface area contributed by atoms with Gasteiger partial charge in [0.05, 0.1) is 16.3 Å². The van der Waals surface area contributed by atoms with Gasteiger partial charge < -0.3 is 19.7 Å². The van der Waals surface area contributed by atoms with E-state index in [4.69, 9.17) is 23.2 Å². The number of aromatic hydroxyl groups is 2. The molecule has 2 aromatic rings. The first-order valence-electron chi connectivity index (χ1n) is 8.70.